The van der Waals surface area contributed by atoms with Crippen LogP contribution in [0.5, 0.6) is 0 Å². The Morgan fingerprint density at radius 3 is 2.72 bits per heavy atom. The molecule has 132 valence electrons. The van der Waals surface area contributed by atoms with E-state index in [2.05, 4.69) is 62.3 Å². The molecule has 4 nitrogen and oxygen atoms in total. The minimum absolute atomic E-state index is 0.111. The summed E-state index contributed by atoms with van der Waals surface area (Å²) in [5, 5.41) is 2.94. The van der Waals surface area contributed by atoms with Gasteiger partial charge in [0.05, 0.1) is 5.56 Å². The van der Waals surface area contributed by atoms with Crippen molar-refractivity contribution in [3.05, 3.63) is 63.9 Å². The molecule has 1 fully saturated rings. The van der Waals surface area contributed by atoms with Gasteiger partial charge in [-0.2, -0.15) is 0 Å². The fraction of sp³-hybridized carbons (Fsp3) is 0.400. The zero-order valence-corrected chi connectivity index (χ0v) is 16.1. The summed E-state index contributed by atoms with van der Waals surface area (Å²) in [7, 11) is 0. The Morgan fingerprint density at radius 1 is 1.24 bits per heavy atom. The summed E-state index contributed by atoms with van der Waals surface area (Å²) in [5.74, 6) is -0.111. The Labute approximate surface area is 157 Å². The average molecular weight is 402 g/mol. The Balaban J connectivity index is 1.53. The molecule has 25 heavy (non-hydrogen) atoms. The van der Waals surface area contributed by atoms with Gasteiger partial charge in [-0.25, -0.2) is 0 Å². The molecule has 0 bridgehead atoms. The standard InChI is InChI=1S/C20H24BrN3O/c1-15-4-2-3-9-24(15)14-17-7-5-16(6-8-17)11-23-20(25)18-10-19(21)13-22-12-18/h5-8,10,12-13,15H,2-4,9,11,14H2,1H3,(H,23,25). The van der Waals surface area contributed by atoms with Crippen molar-refractivity contribution in [2.24, 2.45) is 0 Å². The molecule has 0 saturated carbocycles. The van der Waals surface area contributed by atoms with Crippen molar-refractivity contribution in [1.82, 2.24) is 15.2 Å². The highest BCUT2D eigenvalue weighted by molar-refractivity contribution is 9.10. The lowest BCUT2D eigenvalue weighted by Gasteiger charge is -2.33. The number of amides is 1. The lowest BCUT2D eigenvalue weighted by Crippen LogP contribution is -2.36. The average Bonchev–Trinajstić information content (AvgIpc) is 2.63. The number of nitrogens with one attached hydrogen (secondary N) is 1. The first-order valence-corrected chi connectivity index (χ1v) is 9.62. The smallest absolute Gasteiger partial charge is 0.253 e. The zero-order chi connectivity index (χ0) is 17.6. The second-order valence-electron chi connectivity index (χ2n) is 6.71. The second kappa shape index (κ2) is 8.59. The van der Waals surface area contributed by atoms with Crippen LogP contribution in [0.4, 0.5) is 0 Å². The van der Waals surface area contributed by atoms with Crippen LogP contribution in [0.15, 0.2) is 47.2 Å². The molecule has 1 aliphatic heterocycles. The van der Waals surface area contributed by atoms with Crippen molar-refractivity contribution >= 4 is 21.8 Å². The molecule has 3 rings (SSSR count). The summed E-state index contributed by atoms with van der Waals surface area (Å²) in [5.41, 5.74) is 3.00. The molecule has 0 aliphatic carbocycles. The molecule has 2 aromatic rings. The van der Waals surface area contributed by atoms with Crippen molar-refractivity contribution in [2.75, 3.05) is 6.54 Å². The fourth-order valence-corrected chi connectivity index (χ4v) is 3.57. The van der Waals surface area contributed by atoms with E-state index < -0.39 is 0 Å². The molecule has 1 unspecified atom stereocenters. The lowest BCUT2D eigenvalue weighted by molar-refractivity contribution is 0.0950. The maximum atomic E-state index is 12.2. The van der Waals surface area contributed by atoms with Crippen LogP contribution in [0.1, 0.15) is 47.7 Å². The topological polar surface area (TPSA) is 45.2 Å². The highest BCUT2D eigenvalue weighted by Gasteiger charge is 2.17. The number of halogens is 1. The zero-order valence-electron chi connectivity index (χ0n) is 14.5. The number of benzene rings is 1. The van der Waals surface area contributed by atoms with Crippen LogP contribution in [0, 0.1) is 0 Å². The van der Waals surface area contributed by atoms with Crippen LogP contribution >= 0.6 is 15.9 Å². The van der Waals surface area contributed by atoms with E-state index in [1.807, 2.05) is 0 Å². The minimum Gasteiger partial charge on any atom is -0.348 e. The van der Waals surface area contributed by atoms with E-state index in [1.54, 1.807) is 18.5 Å². The number of carbonyl (C=O) groups excluding carboxylic acids is 1. The van der Waals surface area contributed by atoms with E-state index in [9.17, 15) is 4.79 Å². The monoisotopic (exact) mass is 401 g/mol. The Hall–Kier alpha value is -1.72. The molecule has 2 heterocycles. The van der Waals surface area contributed by atoms with Crippen molar-refractivity contribution in [2.45, 2.75) is 45.3 Å². The first-order valence-electron chi connectivity index (χ1n) is 8.82. The van der Waals surface area contributed by atoms with Gasteiger partial charge in [-0.05, 0) is 59.4 Å². The summed E-state index contributed by atoms with van der Waals surface area (Å²) in [4.78, 5) is 18.7. The number of aromatic nitrogens is 1. The van der Waals surface area contributed by atoms with Crippen molar-refractivity contribution < 1.29 is 4.79 Å². The quantitative estimate of drug-likeness (QED) is 0.818. The molecular weight excluding hydrogens is 378 g/mol. The summed E-state index contributed by atoms with van der Waals surface area (Å²) >= 11 is 3.33. The summed E-state index contributed by atoms with van der Waals surface area (Å²) in [6.07, 6.45) is 7.19. The maximum absolute atomic E-state index is 12.2. The van der Waals surface area contributed by atoms with Crippen LogP contribution in [0.2, 0.25) is 0 Å². The van der Waals surface area contributed by atoms with Gasteiger partial charge in [0.1, 0.15) is 0 Å². The highest BCUT2D eigenvalue weighted by atomic mass is 79.9. The molecule has 1 amide bonds. The van der Waals surface area contributed by atoms with Crippen molar-refractivity contribution in [1.29, 1.82) is 0 Å². The van der Waals surface area contributed by atoms with Gasteiger partial charge in [0.2, 0.25) is 0 Å². The van der Waals surface area contributed by atoms with Gasteiger partial charge < -0.3 is 5.32 Å². The van der Waals surface area contributed by atoms with E-state index in [0.717, 1.165) is 16.6 Å². The van der Waals surface area contributed by atoms with Crippen molar-refractivity contribution in [3.8, 4) is 0 Å². The summed E-state index contributed by atoms with van der Waals surface area (Å²) in [6.45, 7) is 5.04. The van der Waals surface area contributed by atoms with Gasteiger partial charge in [0, 0.05) is 36.0 Å². The third kappa shape index (κ3) is 5.13. The predicted octanol–water partition coefficient (Wildman–Crippen LogP) is 4.15. The van der Waals surface area contributed by atoms with E-state index in [-0.39, 0.29) is 5.91 Å². The summed E-state index contributed by atoms with van der Waals surface area (Å²) in [6, 6.07) is 11.0. The second-order valence-corrected chi connectivity index (χ2v) is 7.62. The van der Waals surface area contributed by atoms with Gasteiger partial charge in [0.25, 0.3) is 5.91 Å². The van der Waals surface area contributed by atoms with Gasteiger partial charge in [-0.1, -0.05) is 30.7 Å². The predicted molar refractivity (Wildman–Crippen MR) is 103 cm³/mol. The van der Waals surface area contributed by atoms with Gasteiger partial charge in [0.15, 0.2) is 0 Å². The van der Waals surface area contributed by atoms with Crippen LogP contribution in [0.3, 0.4) is 0 Å². The Kier molecular flexibility index (Phi) is 6.21. The first kappa shape index (κ1) is 18.1. The Bertz CT molecular complexity index is 717. The molecular formula is C20H24BrN3O. The number of nitrogens with zero attached hydrogens (tertiary/aromatic N) is 2. The number of likely N-dealkylation sites (tertiary alicyclic amines) is 1. The molecule has 0 radical (unpaired) electrons. The largest absolute Gasteiger partial charge is 0.348 e. The van der Waals surface area contributed by atoms with Crippen LogP contribution in [-0.2, 0) is 13.1 Å². The van der Waals surface area contributed by atoms with E-state index in [4.69, 9.17) is 0 Å². The molecule has 0 spiro atoms. The Morgan fingerprint density at radius 2 is 2.00 bits per heavy atom. The maximum Gasteiger partial charge on any atom is 0.253 e. The molecule has 1 saturated heterocycles. The van der Waals surface area contributed by atoms with Crippen LogP contribution in [-0.4, -0.2) is 28.4 Å². The molecule has 1 aromatic heterocycles. The molecule has 1 aromatic carbocycles. The third-order valence-electron chi connectivity index (χ3n) is 4.77. The van der Waals surface area contributed by atoms with Gasteiger partial charge in [-0.15, -0.1) is 0 Å². The van der Waals surface area contributed by atoms with E-state index in [0.29, 0.717) is 18.2 Å². The first-order chi connectivity index (χ1) is 12.1. The van der Waals surface area contributed by atoms with E-state index >= 15 is 0 Å². The number of hydrogen-bond donors (Lipinski definition) is 1. The molecule has 1 aliphatic rings. The lowest BCUT2D eigenvalue weighted by atomic mass is 10.0. The third-order valence-corrected chi connectivity index (χ3v) is 5.20. The number of piperidine rings is 1. The molecule has 1 atom stereocenters. The highest BCUT2D eigenvalue weighted by Crippen LogP contribution is 2.19. The number of hydrogen-bond acceptors (Lipinski definition) is 3. The van der Waals surface area contributed by atoms with Crippen molar-refractivity contribution in [3.63, 3.8) is 0 Å². The van der Waals surface area contributed by atoms with Gasteiger partial charge >= 0.3 is 0 Å². The fourth-order valence-electron chi connectivity index (χ4n) is 3.21. The molecule has 5 heteroatoms. The van der Waals surface area contributed by atoms with E-state index in [1.165, 1.54) is 31.4 Å². The summed E-state index contributed by atoms with van der Waals surface area (Å²) < 4.78 is 0.802. The number of carbonyl (C=O) groups is 1. The van der Waals surface area contributed by atoms with Crippen LogP contribution in [0.25, 0.3) is 0 Å². The number of rotatable bonds is 5. The normalized spacial score (nSPS) is 18.1. The van der Waals surface area contributed by atoms with Crippen LogP contribution < -0.4 is 5.32 Å². The number of pyridine rings is 1. The molecule has 1 N–H and O–H groups in total. The SMILES string of the molecule is CC1CCCCN1Cc1ccc(CNC(=O)c2cncc(Br)c2)cc1. The minimum atomic E-state index is -0.111. The van der Waals surface area contributed by atoms with Gasteiger partial charge in [-0.3, -0.25) is 14.7 Å².